The summed E-state index contributed by atoms with van der Waals surface area (Å²) < 4.78 is 20.7. The van der Waals surface area contributed by atoms with Gasteiger partial charge >= 0.3 is 0 Å². The smallest absolute Gasteiger partial charge is 0.249 e. The van der Waals surface area contributed by atoms with Crippen molar-refractivity contribution in [2.24, 2.45) is 0 Å². The number of halogens is 1. The number of para-hydroxylation sites is 1. The lowest BCUT2D eigenvalue weighted by atomic mass is 10.0. The van der Waals surface area contributed by atoms with Crippen LogP contribution >= 0.6 is 0 Å². The van der Waals surface area contributed by atoms with Crippen LogP contribution in [0.1, 0.15) is 11.6 Å². The number of nitrogens with zero attached hydrogens (tertiary/aromatic N) is 5. The summed E-state index contributed by atoms with van der Waals surface area (Å²) >= 11 is 0. The highest BCUT2D eigenvalue weighted by molar-refractivity contribution is 6.01. The molecule has 34 heavy (non-hydrogen) atoms. The first-order chi connectivity index (χ1) is 16.6. The molecule has 1 atom stereocenters. The molecule has 0 aliphatic rings. The van der Waals surface area contributed by atoms with Gasteiger partial charge in [-0.3, -0.25) is 19.5 Å². The van der Waals surface area contributed by atoms with Crippen LogP contribution in [0.2, 0.25) is 0 Å². The van der Waals surface area contributed by atoms with Crippen molar-refractivity contribution in [2.75, 3.05) is 25.2 Å². The normalized spacial score (nSPS) is 11.8. The molecule has 0 fully saturated rings. The number of anilines is 1. The van der Waals surface area contributed by atoms with Crippen LogP contribution in [-0.2, 0) is 20.9 Å². The zero-order chi connectivity index (χ0) is 23.9. The summed E-state index contributed by atoms with van der Waals surface area (Å²) in [5.41, 5.74) is 2.00. The van der Waals surface area contributed by atoms with Crippen LogP contribution in [0.15, 0.2) is 73.1 Å². The van der Waals surface area contributed by atoms with Crippen LogP contribution in [-0.4, -0.2) is 52.1 Å². The summed E-state index contributed by atoms with van der Waals surface area (Å²) in [5.74, 6) is -1.46. The monoisotopic (exact) mass is 462 g/mol. The molecule has 10 heteroatoms. The van der Waals surface area contributed by atoms with Gasteiger partial charge in [-0.1, -0.05) is 29.5 Å². The maximum atomic E-state index is 14.2. The van der Waals surface area contributed by atoms with Gasteiger partial charge in [0, 0.05) is 37.3 Å². The maximum Gasteiger partial charge on any atom is 0.249 e. The van der Waals surface area contributed by atoms with Gasteiger partial charge in [0.15, 0.2) is 0 Å². The van der Waals surface area contributed by atoms with Gasteiger partial charge in [0.2, 0.25) is 11.8 Å². The predicted molar refractivity (Wildman–Crippen MR) is 123 cm³/mol. The third-order valence-electron chi connectivity index (χ3n) is 5.17. The first kappa shape index (κ1) is 23.0. The molecule has 4 aromatic rings. The van der Waals surface area contributed by atoms with Gasteiger partial charge in [0.1, 0.15) is 23.9 Å². The van der Waals surface area contributed by atoms with E-state index in [1.165, 1.54) is 41.1 Å². The Labute approximate surface area is 195 Å². The van der Waals surface area contributed by atoms with Gasteiger partial charge in [-0.05, 0) is 36.4 Å². The lowest BCUT2D eigenvalue weighted by molar-refractivity contribution is -0.127. The molecule has 2 aromatic carbocycles. The lowest BCUT2D eigenvalue weighted by Gasteiger charge is -2.31. The molecule has 2 amide bonds. The molecule has 0 radical (unpaired) electrons. The van der Waals surface area contributed by atoms with Crippen LogP contribution in [0.4, 0.5) is 10.1 Å². The number of hydrogen-bond acceptors (Lipinski definition) is 6. The fraction of sp³-hybridized carbons (Fsp3) is 0.208. The highest BCUT2D eigenvalue weighted by Crippen LogP contribution is 2.29. The minimum absolute atomic E-state index is 0.209. The Balaban J connectivity index is 1.76. The number of ether oxygens (including phenoxy) is 1. The molecule has 0 saturated heterocycles. The number of aromatic nitrogens is 4. The molecule has 0 bridgehead atoms. The van der Waals surface area contributed by atoms with Crippen LogP contribution in [0.5, 0.6) is 0 Å². The lowest BCUT2D eigenvalue weighted by Crippen LogP contribution is -2.46. The van der Waals surface area contributed by atoms with Gasteiger partial charge in [0.25, 0.3) is 0 Å². The Hall–Kier alpha value is -4.18. The van der Waals surface area contributed by atoms with Crippen molar-refractivity contribution >= 4 is 28.5 Å². The molecule has 0 unspecified atom stereocenters. The highest BCUT2D eigenvalue weighted by atomic mass is 19.1. The van der Waals surface area contributed by atoms with E-state index in [2.05, 4.69) is 20.6 Å². The second kappa shape index (κ2) is 10.6. The number of fused-ring (bicyclic) bond motifs is 1. The standard InChI is InChI=1S/C24H23FN6O3/c1-34-13-12-27-24(33)23(17-6-5-11-26-15-17)31(19-8-4-7-18(25)14-19)22(32)16-30-21-10-3-2-9-20(21)28-29-30/h2-11,14-15,23H,12-13,16H2,1H3,(H,27,33)/t23-/m0/s1. The zero-order valence-electron chi connectivity index (χ0n) is 18.5. The fourth-order valence-corrected chi connectivity index (χ4v) is 3.63. The van der Waals surface area contributed by atoms with E-state index in [4.69, 9.17) is 4.74 Å². The van der Waals surface area contributed by atoms with Crippen molar-refractivity contribution in [3.05, 3.63) is 84.4 Å². The number of benzene rings is 2. The largest absolute Gasteiger partial charge is 0.383 e. The summed E-state index contributed by atoms with van der Waals surface area (Å²) in [7, 11) is 1.52. The third kappa shape index (κ3) is 5.07. The van der Waals surface area contributed by atoms with Gasteiger partial charge in [-0.25, -0.2) is 9.07 Å². The average molecular weight is 462 g/mol. The maximum absolute atomic E-state index is 14.2. The second-order valence-corrected chi connectivity index (χ2v) is 7.45. The van der Waals surface area contributed by atoms with Crippen molar-refractivity contribution in [1.29, 1.82) is 0 Å². The summed E-state index contributed by atoms with van der Waals surface area (Å²) in [4.78, 5) is 32.4. The van der Waals surface area contributed by atoms with Crippen LogP contribution < -0.4 is 10.2 Å². The SMILES string of the molecule is COCCNC(=O)[C@H](c1cccnc1)N(C(=O)Cn1nnc2ccccc21)c1cccc(F)c1. The number of nitrogens with one attached hydrogen (secondary N) is 1. The van der Waals surface area contributed by atoms with Crippen LogP contribution in [0.3, 0.4) is 0 Å². The average Bonchev–Trinajstić information content (AvgIpc) is 3.25. The number of carbonyl (C=O) groups is 2. The Morgan fingerprint density at radius 3 is 2.76 bits per heavy atom. The van der Waals surface area contributed by atoms with Gasteiger partial charge in [0.05, 0.1) is 12.1 Å². The molecule has 0 aliphatic carbocycles. The number of rotatable bonds is 9. The van der Waals surface area contributed by atoms with E-state index < -0.39 is 23.7 Å². The van der Waals surface area contributed by atoms with Crippen LogP contribution in [0, 0.1) is 5.82 Å². The van der Waals surface area contributed by atoms with Crippen molar-refractivity contribution < 1.29 is 18.7 Å². The fourth-order valence-electron chi connectivity index (χ4n) is 3.63. The molecular weight excluding hydrogens is 439 g/mol. The number of hydrogen-bond donors (Lipinski definition) is 1. The summed E-state index contributed by atoms with van der Waals surface area (Å²) in [6, 6.07) is 15.0. The number of amides is 2. The molecule has 174 valence electrons. The quantitative estimate of drug-likeness (QED) is 0.384. The molecule has 9 nitrogen and oxygen atoms in total. The Morgan fingerprint density at radius 2 is 2.00 bits per heavy atom. The summed E-state index contributed by atoms with van der Waals surface area (Å²) in [5, 5.41) is 10.9. The molecule has 0 spiro atoms. The number of methoxy groups -OCH3 is 1. The summed E-state index contributed by atoms with van der Waals surface area (Å²) in [6.45, 7) is 0.328. The third-order valence-corrected chi connectivity index (χ3v) is 5.17. The Bertz CT molecular complexity index is 1280. The minimum atomic E-state index is -1.10. The number of pyridine rings is 1. The zero-order valence-corrected chi connectivity index (χ0v) is 18.5. The van der Waals surface area contributed by atoms with Crippen molar-refractivity contribution in [2.45, 2.75) is 12.6 Å². The number of carbonyl (C=O) groups excluding carboxylic acids is 2. The van der Waals surface area contributed by atoms with E-state index in [-0.39, 0.29) is 18.8 Å². The Kier molecular flexibility index (Phi) is 7.19. The van der Waals surface area contributed by atoms with Crippen molar-refractivity contribution in [1.82, 2.24) is 25.3 Å². The van der Waals surface area contributed by atoms with Crippen molar-refractivity contribution in [3.8, 4) is 0 Å². The highest BCUT2D eigenvalue weighted by Gasteiger charge is 2.33. The molecule has 1 N–H and O–H groups in total. The van der Waals surface area contributed by atoms with Gasteiger partial charge in [-0.2, -0.15) is 0 Å². The second-order valence-electron chi connectivity index (χ2n) is 7.45. The molecule has 2 aromatic heterocycles. The van der Waals surface area contributed by atoms with E-state index in [1.807, 2.05) is 12.1 Å². The molecule has 4 rings (SSSR count). The van der Waals surface area contributed by atoms with Crippen molar-refractivity contribution in [3.63, 3.8) is 0 Å². The molecular formula is C24H23FN6O3. The minimum Gasteiger partial charge on any atom is -0.383 e. The van der Waals surface area contributed by atoms with Gasteiger partial charge < -0.3 is 10.1 Å². The topological polar surface area (TPSA) is 102 Å². The first-order valence-corrected chi connectivity index (χ1v) is 10.6. The van der Waals surface area contributed by atoms with Crippen LogP contribution in [0.25, 0.3) is 11.0 Å². The molecule has 0 aliphatic heterocycles. The van der Waals surface area contributed by atoms with E-state index in [0.29, 0.717) is 23.2 Å². The molecule has 2 heterocycles. The van der Waals surface area contributed by atoms with E-state index >= 15 is 0 Å². The predicted octanol–water partition coefficient (Wildman–Crippen LogP) is 2.50. The Morgan fingerprint density at radius 1 is 1.15 bits per heavy atom. The van der Waals surface area contributed by atoms with E-state index in [1.54, 1.807) is 36.5 Å². The first-order valence-electron chi connectivity index (χ1n) is 10.6. The van der Waals surface area contributed by atoms with E-state index in [9.17, 15) is 14.0 Å². The van der Waals surface area contributed by atoms with E-state index in [0.717, 1.165) is 0 Å². The van der Waals surface area contributed by atoms with Gasteiger partial charge in [-0.15, -0.1) is 5.10 Å². The molecule has 0 saturated carbocycles. The summed E-state index contributed by atoms with van der Waals surface area (Å²) in [6.07, 6.45) is 3.07.